The molecule has 1 atom stereocenters. The van der Waals surface area contributed by atoms with E-state index < -0.39 is 17.7 Å². The van der Waals surface area contributed by atoms with E-state index in [9.17, 15) is 14.7 Å². The number of para-hydroxylation sites is 2. The normalized spacial score (nSPS) is 17.3. The molecule has 1 unspecified atom stereocenters. The third kappa shape index (κ3) is 3.74. The summed E-state index contributed by atoms with van der Waals surface area (Å²) >= 11 is 0. The summed E-state index contributed by atoms with van der Waals surface area (Å²) in [5.41, 5.74) is 3.21. The van der Waals surface area contributed by atoms with Crippen molar-refractivity contribution in [3.8, 4) is 11.5 Å². The molecule has 168 valence electrons. The summed E-state index contributed by atoms with van der Waals surface area (Å²) in [5.74, 6) is -0.867. The van der Waals surface area contributed by atoms with E-state index in [0.717, 1.165) is 11.1 Å². The van der Waals surface area contributed by atoms with E-state index in [0.29, 0.717) is 28.3 Å². The highest BCUT2D eigenvalue weighted by Gasteiger charge is 2.48. The third-order valence-corrected chi connectivity index (χ3v) is 5.86. The van der Waals surface area contributed by atoms with Crippen LogP contribution in [0.1, 0.15) is 28.3 Å². The van der Waals surface area contributed by atoms with Crippen molar-refractivity contribution >= 4 is 23.1 Å². The smallest absolute Gasteiger partial charge is 0.300 e. The molecule has 0 saturated carbocycles. The molecule has 33 heavy (non-hydrogen) atoms. The molecule has 1 aliphatic rings. The van der Waals surface area contributed by atoms with Crippen molar-refractivity contribution in [1.82, 2.24) is 0 Å². The van der Waals surface area contributed by atoms with Crippen LogP contribution in [0.3, 0.4) is 0 Å². The number of hydrogen-bond donors (Lipinski definition) is 1. The number of benzene rings is 3. The molecule has 6 heteroatoms. The molecule has 0 radical (unpaired) electrons. The molecule has 0 aliphatic carbocycles. The van der Waals surface area contributed by atoms with Gasteiger partial charge in [0.25, 0.3) is 11.7 Å². The van der Waals surface area contributed by atoms with E-state index in [4.69, 9.17) is 9.47 Å². The fourth-order valence-electron chi connectivity index (χ4n) is 4.25. The largest absolute Gasteiger partial charge is 0.507 e. The molecule has 3 aromatic rings. The molecular formula is C27H25NO5. The lowest BCUT2D eigenvalue weighted by atomic mass is 9.93. The number of nitrogens with zero attached hydrogens (tertiary/aromatic N) is 1. The van der Waals surface area contributed by atoms with Gasteiger partial charge in [0.2, 0.25) is 0 Å². The van der Waals surface area contributed by atoms with Crippen molar-refractivity contribution in [2.75, 3.05) is 19.1 Å². The Hall–Kier alpha value is -4.06. The van der Waals surface area contributed by atoms with Gasteiger partial charge in [-0.1, -0.05) is 48.0 Å². The van der Waals surface area contributed by atoms with Crippen LogP contribution in [0.2, 0.25) is 0 Å². The second-order valence-corrected chi connectivity index (χ2v) is 7.90. The van der Waals surface area contributed by atoms with E-state index in [1.165, 1.54) is 19.1 Å². The highest BCUT2D eigenvalue weighted by Crippen LogP contribution is 2.46. The average Bonchev–Trinajstić information content (AvgIpc) is 3.09. The van der Waals surface area contributed by atoms with E-state index >= 15 is 0 Å². The first kappa shape index (κ1) is 22.1. The molecule has 1 N–H and O–H groups in total. The van der Waals surface area contributed by atoms with Crippen molar-refractivity contribution in [3.63, 3.8) is 0 Å². The lowest BCUT2D eigenvalue weighted by Crippen LogP contribution is -2.30. The van der Waals surface area contributed by atoms with Crippen LogP contribution in [0.15, 0.2) is 72.3 Å². The minimum atomic E-state index is -0.882. The van der Waals surface area contributed by atoms with E-state index in [1.807, 2.05) is 50.2 Å². The Bertz CT molecular complexity index is 1280. The number of ether oxygens (including phenoxy) is 2. The highest BCUT2D eigenvalue weighted by molar-refractivity contribution is 6.51. The molecule has 3 aromatic carbocycles. The van der Waals surface area contributed by atoms with Gasteiger partial charge < -0.3 is 14.6 Å². The standard InChI is InChI=1S/C27H25NO5/c1-16-13-14-22(33-4)19(15-16)25(29)23-24(18-10-6-8-12-21(18)32-3)28(27(31)26(23)30)20-11-7-5-9-17(20)2/h5-15,24,29H,1-4H3/b25-23+. The summed E-state index contributed by atoms with van der Waals surface area (Å²) in [7, 11) is 3.02. The van der Waals surface area contributed by atoms with Gasteiger partial charge in [-0.05, 0) is 43.7 Å². The van der Waals surface area contributed by atoms with Crippen LogP contribution in [0.4, 0.5) is 5.69 Å². The number of aliphatic hydroxyl groups excluding tert-OH is 1. The first-order chi connectivity index (χ1) is 15.9. The molecule has 0 bridgehead atoms. The minimum absolute atomic E-state index is 0.0170. The summed E-state index contributed by atoms with van der Waals surface area (Å²) in [4.78, 5) is 28.2. The van der Waals surface area contributed by atoms with Crippen LogP contribution < -0.4 is 14.4 Å². The SMILES string of the molecule is COc1ccc(C)cc1/C(O)=C1\C(=O)C(=O)N(c2ccccc2C)C1c1ccccc1OC. The number of hydrogen-bond acceptors (Lipinski definition) is 5. The second kappa shape index (κ2) is 8.82. The van der Waals surface area contributed by atoms with E-state index in [2.05, 4.69) is 0 Å². The summed E-state index contributed by atoms with van der Waals surface area (Å²) in [6, 6.07) is 18.9. The van der Waals surface area contributed by atoms with Gasteiger partial charge in [-0.15, -0.1) is 0 Å². The van der Waals surface area contributed by atoms with Crippen LogP contribution in [0.5, 0.6) is 11.5 Å². The zero-order valence-electron chi connectivity index (χ0n) is 19.0. The van der Waals surface area contributed by atoms with Crippen LogP contribution in [-0.2, 0) is 9.59 Å². The molecule has 1 heterocycles. The lowest BCUT2D eigenvalue weighted by Gasteiger charge is -2.28. The minimum Gasteiger partial charge on any atom is -0.507 e. The number of methoxy groups -OCH3 is 2. The van der Waals surface area contributed by atoms with E-state index in [-0.39, 0.29) is 11.3 Å². The van der Waals surface area contributed by atoms with Crippen LogP contribution in [0.25, 0.3) is 5.76 Å². The summed E-state index contributed by atoms with van der Waals surface area (Å²) in [6.45, 7) is 3.75. The van der Waals surface area contributed by atoms with Gasteiger partial charge in [0.15, 0.2) is 0 Å². The number of anilines is 1. The number of aliphatic hydroxyl groups is 1. The Morgan fingerprint density at radius 1 is 0.879 bits per heavy atom. The number of carbonyl (C=O) groups is 2. The average molecular weight is 443 g/mol. The maximum atomic E-state index is 13.4. The Morgan fingerprint density at radius 2 is 1.55 bits per heavy atom. The zero-order chi connectivity index (χ0) is 23.7. The van der Waals surface area contributed by atoms with Crippen molar-refractivity contribution < 1.29 is 24.2 Å². The van der Waals surface area contributed by atoms with Gasteiger partial charge in [0.05, 0.1) is 31.4 Å². The van der Waals surface area contributed by atoms with Crippen LogP contribution in [-0.4, -0.2) is 31.0 Å². The Balaban J connectivity index is 2.05. The van der Waals surface area contributed by atoms with Gasteiger partial charge in [0, 0.05) is 11.3 Å². The van der Waals surface area contributed by atoms with Crippen molar-refractivity contribution in [1.29, 1.82) is 0 Å². The number of Topliss-reactive ketones (excluding diaryl/α,β-unsaturated/α-hetero) is 1. The Morgan fingerprint density at radius 3 is 2.24 bits per heavy atom. The number of rotatable bonds is 5. The quantitative estimate of drug-likeness (QED) is 0.343. The highest BCUT2D eigenvalue weighted by atomic mass is 16.5. The van der Waals surface area contributed by atoms with Gasteiger partial charge in [-0.25, -0.2) is 0 Å². The summed E-state index contributed by atoms with van der Waals surface area (Å²) in [5, 5.41) is 11.4. The fourth-order valence-corrected chi connectivity index (χ4v) is 4.25. The molecule has 1 saturated heterocycles. The summed E-state index contributed by atoms with van der Waals surface area (Å²) in [6.07, 6.45) is 0. The topological polar surface area (TPSA) is 76.1 Å². The predicted molar refractivity (Wildman–Crippen MR) is 127 cm³/mol. The number of amides is 1. The van der Waals surface area contributed by atoms with Crippen molar-refractivity contribution in [3.05, 3.63) is 94.6 Å². The molecular weight excluding hydrogens is 418 g/mol. The molecule has 0 spiro atoms. The molecule has 1 amide bonds. The maximum absolute atomic E-state index is 13.4. The molecule has 1 aliphatic heterocycles. The number of ketones is 1. The van der Waals surface area contributed by atoms with Gasteiger partial charge in [-0.3, -0.25) is 14.5 Å². The number of aryl methyl sites for hydroxylation is 2. The van der Waals surface area contributed by atoms with Gasteiger partial charge >= 0.3 is 0 Å². The Labute approximate surface area is 192 Å². The third-order valence-electron chi connectivity index (χ3n) is 5.86. The van der Waals surface area contributed by atoms with Crippen LogP contribution >= 0.6 is 0 Å². The van der Waals surface area contributed by atoms with Crippen molar-refractivity contribution in [2.24, 2.45) is 0 Å². The molecule has 1 fully saturated rings. The van der Waals surface area contributed by atoms with Gasteiger partial charge in [0.1, 0.15) is 17.3 Å². The lowest BCUT2D eigenvalue weighted by molar-refractivity contribution is -0.132. The Kier molecular flexibility index (Phi) is 5.92. The number of carbonyl (C=O) groups excluding carboxylic acids is 2. The van der Waals surface area contributed by atoms with Gasteiger partial charge in [-0.2, -0.15) is 0 Å². The zero-order valence-corrected chi connectivity index (χ0v) is 19.0. The van der Waals surface area contributed by atoms with E-state index in [1.54, 1.807) is 30.3 Å². The molecule has 6 nitrogen and oxygen atoms in total. The van der Waals surface area contributed by atoms with Crippen LogP contribution in [0, 0.1) is 13.8 Å². The first-order valence-electron chi connectivity index (χ1n) is 10.5. The predicted octanol–water partition coefficient (Wildman–Crippen LogP) is 4.95. The maximum Gasteiger partial charge on any atom is 0.300 e. The van der Waals surface area contributed by atoms with Crippen molar-refractivity contribution in [2.45, 2.75) is 19.9 Å². The fraction of sp³-hybridized carbons (Fsp3) is 0.185. The summed E-state index contributed by atoms with van der Waals surface area (Å²) < 4.78 is 11.0. The monoisotopic (exact) mass is 443 g/mol. The second-order valence-electron chi connectivity index (χ2n) is 7.90. The molecule has 4 rings (SSSR count). The molecule has 0 aromatic heterocycles. The first-order valence-corrected chi connectivity index (χ1v) is 10.5.